The van der Waals surface area contributed by atoms with E-state index in [4.69, 9.17) is 4.74 Å². The first-order valence-electron chi connectivity index (χ1n) is 8.31. The van der Waals surface area contributed by atoms with Crippen LogP contribution in [-0.2, 0) is 4.79 Å². The van der Waals surface area contributed by atoms with Gasteiger partial charge in [-0.1, -0.05) is 18.2 Å². The minimum atomic E-state index is -0.813. The van der Waals surface area contributed by atoms with E-state index in [9.17, 15) is 14.9 Å². The highest BCUT2D eigenvalue weighted by molar-refractivity contribution is 5.98. The molecule has 25 heavy (non-hydrogen) atoms. The molecule has 0 aromatic heterocycles. The topological polar surface area (TPSA) is 79.2 Å². The van der Waals surface area contributed by atoms with Gasteiger partial charge in [0.25, 0.3) is 5.91 Å². The van der Waals surface area contributed by atoms with Gasteiger partial charge in [-0.25, -0.2) is 0 Å². The van der Waals surface area contributed by atoms with Crippen molar-refractivity contribution >= 4 is 22.5 Å². The maximum atomic E-state index is 12.1. The molecule has 0 heterocycles. The molecular formula is C20H20N2O3. The zero-order chi connectivity index (χ0) is 18.0. The van der Waals surface area contributed by atoms with Crippen molar-refractivity contribution in [1.82, 2.24) is 5.32 Å². The number of fused-ring (bicyclic) bond motifs is 1. The lowest BCUT2D eigenvalue weighted by Crippen LogP contribution is -2.48. The zero-order valence-corrected chi connectivity index (χ0v) is 14.3. The van der Waals surface area contributed by atoms with Gasteiger partial charge in [-0.2, -0.15) is 5.26 Å². The number of ketones is 1. The quantitative estimate of drug-likeness (QED) is 0.821. The lowest BCUT2D eigenvalue weighted by atomic mass is 9.98. The van der Waals surface area contributed by atoms with Crippen molar-refractivity contribution in [3.05, 3.63) is 42.0 Å². The summed E-state index contributed by atoms with van der Waals surface area (Å²) in [7, 11) is 0. The van der Waals surface area contributed by atoms with Gasteiger partial charge in [-0.05, 0) is 61.6 Å². The lowest BCUT2D eigenvalue weighted by molar-refractivity contribution is -0.124. The van der Waals surface area contributed by atoms with E-state index in [0.717, 1.165) is 23.6 Å². The number of ether oxygens (including phenoxy) is 1. The molecule has 0 saturated heterocycles. The highest BCUT2D eigenvalue weighted by Crippen LogP contribution is 2.39. The minimum absolute atomic E-state index is 0.0232. The molecule has 5 heteroatoms. The Labute approximate surface area is 146 Å². The minimum Gasteiger partial charge on any atom is -0.484 e. The first kappa shape index (κ1) is 17.0. The van der Waals surface area contributed by atoms with Crippen LogP contribution < -0.4 is 10.1 Å². The van der Waals surface area contributed by atoms with Gasteiger partial charge in [-0.3, -0.25) is 9.59 Å². The Hall–Kier alpha value is -2.87. The van der Waals surface area contributed by atoms with Gasteiger partial charge in [0.2, 0.25) is 0 Å². The second-order valence-electron chi connectivity index (χ2n) is 6.71. The molecule has 1 N–H and O–H groups in total. The van der Waals surface area contributed by atoms with Crippen LogP contribution in [0.5, 0.6) is 5.75 Å². The molecule has 0 radical (unpaired) electrons. The first-order chi connectivity index (χ1) is 11.9. The fraction of sp³-hybridized carbons (Fsp3) is 0.350. The number of benzene rings is 2. The number of nitrogens with zero attached hydrogens (tertiary/aromatic N) is 1. The third-order valence-electron chi connectivity index (χ3n) is 4.61. The fourth-order valence-electron chi connectivity index (χ4n) is 2.89. The van der Waals surface area contributed by atoms with Crippen LogP contribution in [0.3, 0.4) is 0 Å². The molecule has 1 amide bonds. The van der Waals surface area contributed by atoms with Crippen molar-refractivity contribution in [1.29, 1.82) is 5.26 Å². The van der Waals surface area contributed by atoms with Crippen LogP contribution in [0.25, 0.3) is 10.8 Å². The molecule has 5 nitrogen and oxygen atoms in total. The van der Waals surface area contributed by atoms with Crippen molar-refractivity contribution in [3.8, 4) is 11.8 Å². The maximum Gasteiger partial charge on any atom is 0.259 e. The fourth-order valence-corrected chi connectivity index (χ4v) is 2.89. The molecule has 2 aromatic carbocycles. The van der Waals surface area contributed by atoms with Gasteiger partial charge >= 0.3 is 0 Å². The number of hydrogen-bond acceptors (Lipinski definition) is 4. The van der Waals surface area contributed by atoms with Crippen LogP contribution in [0.4, 0.5) is 0 Å². The Kier molecular flexibility index (Phi) is 4.45. The third kappa shape index (κ3) is 3.80. The van der Waals surface area contributed by atoms with Gasteiger partial charge < -0.3 is 10.1 Å². The number of hydrogen-bond donors (Lipinski definition) is 1. The van der Waals surface area contributed by atoms with E-state index in [1.165, 1.54) is 6.92 Å². The van der Waals surface area contributed by atoms with Crippen molar-refractivity contribution < 1.29 is 14.3 Å². The SMILES string of the molecule is CC(=O)c1ccc2cc(OCC(=O)N[C@@](C)(C#N)C3CC3)ccc2c1. The first-order valence-corrected chi connectivity index (χ1v) is 8.31. The van der Waals surface area contributed by atoms with Gasteiger partial charge in [0.1, 0.15) is 11.3 Å². The number of Topliss-reactive ketones (excluding diaryl/α,β-unsaturated/α-hetero) is 1. The van der Waals surface area contributed by atoms with Crippen molar-refractivity contribution in [2.24, 2.45) is 5.92 Å². The summed E-state index contributed by atoms with van der Waals surface area (Å²) in [6.45, 7) is 3.15. The van der Waals surface area contributed by atoms with E-state index in [1.54, 1.807) is 19.1 Å². The van der Waals surface area contributed by atoms with Gasteiger partial charge in [0, 0.05) is 5.56 Å². The van der Waals surface area contributed by atoms with Gasteiger partial charge in [0.15, 0.2) is 12.4 Å². The maximum absolute atomic E-state index is 12.1. The summed E-state index contributed by atoms with van der Waals surface area (Å²) in [5, 5.41) is 13.9. The summed E-state index contributed by atoms with van der Waals surface area (Å²) < 4.78 is 5.56. The van der Waals surface area contributed by atoms with Crippen molar-refractivity contribution in [2.75, 3.05) is 6.61 Å². The molecule has 128 valence electrons. The Morgan fingerprint density at radius 3 is 2.56 bits per heavy atom. The third-order valence-corrected chi connectivity index (χ3v) is 4.61. The Morgan fingerprint density at radius 1 is 1.24 bits per heavy atom. The summed E-state index contributed by atoms with van der Waals surface area (Å²) in [6.07, 6.45) is 1.94. The highest BCUT2D eigenvalue weighted by atomic mass is 16.5. The molecule has 1 aliphatic rings. The predicted molar refractivity (Wildman–Crippen MR) is 94.3 cm³/mol. The molecule has 1 saturated carbocycles. The van der Waals surface area contributed by atoms with Crippen LogP contribution in [0, 0.1) is 17.2 Å². The Balaban J connectivity index is 1.65. The monoisotopic (exact) mass is 336 g/mol. The van der Waals surface area contributed by atoms with Crippen LogP contribution >= 0.6 is 0 Å². The number of nitrogens with one attached hydrogen (secondary N) is 1. The number of carbonyl (C=O) groups excluding carboxylic acids is 2. The Bertz CT molecular complexity index is 880. The Morgan fingerprint density at radius 2 is 1.92 bits per heavy atom. The molecule has 1 fully saturated rings. The molecule has 0 spiro atoms. The molecule has 2 aromatic rings. The van der Waals surface area contributed by atoms with Gasteiger partial charge in [-0.15, -0.1) is 0 Å². The largest absolute Gasteiger partial charge is 0.484 e. The average molecular weight is 336 g/mol. The molecule has 0 aliphatic heterocycles. The van der Waals surface area contributed by atoms with Crippen LogP contribution in [0.15, 0.2) is 36.4 Å². The van der Waals surface area contributed by atoms with Crippen LogP contribution in [-0.4, -0.2) is 23.8 Å². The predicted octanol–water partition coefficient (Wildman–Crippen LogP) is 3.23. The van der Waals surface area contributed by atoms with Crippen molar-refractivity contribution in [3.63, 3.8) is 0 Å². The number of nitriles is 1. The van der Waals surface area contributed by atoms with Crippen LogP contribution in [0.1, 0.15) is 37.0 Å². The molecule has 3 rings (SSSR count). The van der Waals surface area contributed by atoms with E-state index in [0.29, 0.717) is 11.3 Å². The summed E-state index contributed by atoms with van der Waals surface area (Å²) in [5.74, 6) is 0.527. The summed E-state index contributed by atoms with van der Waals surface area (Å²) in [5.41, 5.74) is -0.149. The zero-order valence-electron chi connectivity index (χ0n) is 14.3. The number of rotatable bonds is 6. The standard InChI is InChI=1S/C20H20N2O3/c1-13(23)14-3-4-16-10-18(8-5-15(16)9-14)25-11-19(24)22-20(2,12-21)17-6-7-17/h3-5,8-10,17H,6-7,11H2,1-2H3,(H,22,24)/t20-/m0/s1. The second-order valence-corrected chi connectivity index (χ2v) is 6.71. The lowest BCUT2D eigenvalue weighted by Gasteiger charge is -2.22. The molecule has 0 unspecified atom stereocenters. The highest BCUT2D eigenvalue weighted by Gasteiger charge is 2.43. The normalized spacial score (nSPS) is 15.9. The summed E-state index contributed by atoms with van der Waals surface area (Å²) >= 11 is 0. The average Bonchev–Trinajstić information content (AvgIpc) is 3.44. The van der Waals surface area contributed by atoms with E-state index in [2.05, 4.69) is 11.4 Å². The molecular weight excluding hydrogens is 316 g/mol. The summed E-state index contributed by atoms with van der Waals surface area (Å²) in [6, 6.07) is 13.1. The molecule has 1 aliphatic carbocycles. The molecule has 0 bridgehead atoms. The summed E-state index contributed by atoms with van der Waals surface area (Å²) in [4.78, 5) is 23.5. The molecule has 1 atom stereocenters. The second kappa shape index (κ2) is 6.56. The van der Waals surface area contributed by atoms with E-state index in [-0.39, 0.29) is 24.2 Å². The van der Waals surface area contributed by atoms with E-state index < -0.39 is 5.54 Å². The van der Waals surface area contributed by atoms with E-state index >= 15 is 0 Å². The number of carbonyl (C=O) groups is 2. The van der Waals surface area contributed by atoms with E-state index in [1.807, 2.05) is 24.3 Å². The van der Waals surface area contributed by atoms with Crippen molar-refractivity contribution in [2.45, 2.75) is 32.2 Å². The van der Waals surface area contributed by atoms with Crippen LogP contribution in [0.2, 0.25) is 0 Å². The van der Waals surface area contributed by atoms with Gasteiger partial charge in [0.05, 0.1) is 6.07 Å². The number of amides is 1. The smallest absolute Gasteiger partial charge is 0.259 e.